The molecule has 0 amide bonds. The van der Waals surface area contributed by atoms with Gasteiger partial charge in [0.05, 0.1) is 24.2 Å². The van der Waals surface area contributed by atoms with Crippen molar-refractivity contribution in [3.05, 3.63) is 59.1 Å². The van der Waals surface area contributed by atoms with Gasteiger partial charge in [0.25, 0.3) is 0 Å². The Kier molecular flexibility index (Phi) is 5.48. The summed E-state index contributed by atoms with van der Waals surface area (Å²) in [5.74, 6) is 1.10. The lowest BCUT2D eigenvalue weighted by Gasteiger charge is -2.35. The largest absolute Gasteiger partial charge is 0.493 e. The standard InChI is InChI=1S/C24H28FN9O/c1-16-11-17(31(2)30-16)14-32-6-8-33(9-7-32)21-13-27-24(34-15-28-29-23(21)34)26-12-19-18-5-10-35-22(18)4-3-20(19)25/h3-4,11,13,15H,5-10,12,14H2,1-2H3,(H,26,27). The Balaban J connectivity index is 1.16. The topological polar surface area (TPSA) is 88.6 Å². The lowest BCUT2D eigenvalue weighted by atomic mass is 10.0. The first-order valence-electron chi connectivity index (χ1n) is 11.9. The molecule has 0 bridgehead atoms. The number of rotatable bonds is 6. The summed E-state index contributed by atoms with van der Waals surface area (Å²) in [7, 11) is 2.00. The highest BCUT2D eigenvalue weighted by Gasteiger charge is 2.23. The molecule has 5 heterocycles. The first kappa shape index (κ1) is 21.8. The zero-order valence-corrected chi connectivity index (χ0v) is 19.9. The van der Waals surface area contributed by atoms with Crippen LogP contribution in [0.15, 0.2) is 30.7 Å². The minimum atomic E-state index is -0.238. The molecule has 1 aromatic carbocycles. The van der Waals surface area contributed by atoms with E-state index >= 15 is 0 Å². The van der Waals surface area contributed by atoms with Gasteiger partial charge < -0.3 is 15.0 Å². The molecule has 0 radical (unpaired) electrons. The fourth-order valence-corrected chi connectivity index (χ4v) is 5.02. The summed E-state index contributed by atoms with van der Waals surface area (Å²) >= 11 is 0. The van der Waals surface area contributed by atoms with E-state index in [0.29, 0.717) is 31.1 Å². The lowest BCUT2D eigenvalue weighted by molar-refractivity contribution is 0.244. The number of aromatic nitrogens is 6. The highest BCUT2D eigenvalue weighted by molar-refractivity contribution is 5.69. The highest BCUT2D eigenvalue weighted by atomic mass is 19.1. The van der Waals surface area contributed by atoms with Crippen LogP contribution in [0.25, 0.3) is 5.65 Å². The third-order valence-corrected chi connectivity index (χ3v) is 6.88. The number of ether oxygens (including phenoxy) is 1. The molecule has 10 nitrogen and oxygen atoms in total. The van der Waals surface area contributed by atoms with Crippen LogP contribution in [-0.4, -0.2) is 67.0 Å². The van der Waals surface area contributed by atoms with E-state index in [1.54, 1.807) is 12.4 Å². The van der Waals surface area contributed by atoms with Crippen molar-refractivity contribution in [3.8, 4) is 5.75 Å². The van der Waals surface area contributed by atoms with Crippen LogP contribution in [0.5, 0.6) is 5.75 Å². The SMILES string of the molecule is Cc1cc(CN2CCN(c3cnc(NCc4c(F)ccc5c4CCO5)n4cnnc34)CC2)n(C)n1. The molecule has 0 saturated carbocycles. The summed E-state index contributed by atoms with van der Waals surface area (Å²) in [6.07, 6.45) is 4.19. The van der Waals surface area contributed by atoms with E-state index < -0.39 is 0 Å². The average molecular weight is 478 g/mol. The van der Waals surface area contributed by atoms with Gasteiger partial charge in [-0.25, -0.2) is 13.8 Å². The van der Waals surface area contributed by atoms with E-state index in [0.717, 1.165) is 61.1 Å². The van der Waals surface area contributed by atoms with Crippen LogP contribution in [0.4, 0.5) is 16.0 Å². The van der Waals surface area contributed by atoms with Crippen molar-refractivity contribution < 1.29 is 9.13 Å². The molecule has 0 aliphatic carbocycles. The minimum absolute atomic E-state index is 0.238. The Labute approximate surface area is 202 Å². The maximum atomic E-state index is 14.5. The van der Waals surface area contributed by atoms with E-state index in [-0.39, 0.29) is 5.82 Å². The molecular formula is C24H28FN9O. The van der Waals surface area contributed by atoms with Gasteiger partial charge in [0, 0.05) is 63.9 Å². The number of anilines is 2. The first-order chi connectivity index (χ1) is 17.1. The van der Waals surface area contributed by atoms with Gasteiger partial charge in [-0.15, -0.1) is 10.2 Å². The van der Waals surface area contributed by atoms with E-state index in [1.807, 2.05) is 29.3 Å². The third-order valence-electron chi connectivity index (χ3n) is 6.88. The molecule has 2 aliphatic rings. The molecule has 4 aromatic rings. The number of fused-ring (bicyclic) bond motifs is 2. The van der Waals surface area contributed by atoms with Gasteiger partial charge in [0.1, 0.15) is 23.6 Å². The normalized spacial score (nSPS) is 16.0. The summed E-state index contributed by atoms with van der Waals surface area (Å²) in [5, 5.41) is 16.2. The molecule has 0 spiro atoms. The van der Waals surface area contributed by atoms with Crippen LogP contribution in [0.3, 0.4) is 0 Å². The third kappa shape index (κ3) is 4.05. The zero-order valence-electron chi connectivity index (χ0n) is 19.9. The van der Waals surface area contributed by atoms with Crippen molar-refractivity contribution in [1.82, 2.24) is 34.3 Å². The zero-order chi connectivity index (χ0) is 23.9. The van der Waals surface area contributed by atoms with Crippen LogP contribution >= 0.6 is 0 Å². The maximum absolute atomic E-state index is 14.5. The molecule has 182 valence electrons. The molecule has 1 saturated heterocycles. The predicted octanol–water partition coefficient (Wildman–Crippen LogP) is 2.17. The van der Waals surface area contributed by atoms with Gasteiger partial charge in [-0.1, -0.05) is 0 Å². The number of nitrogens with one attached hydrogen (secondary N) is 1. The average Bonchev–Trinajstić information content (AvgIpc) is 3.59. The Hall–Kier alpha value is -3.73. The van der Waals surface area contributed by atoms with Crippen LogP contribution in [-0.2, 0) is 26.6 Å². The van der Waals surface area contributed by atoms with Crippen molar-refractivity contribution in [2.45, 2.75) is 26.4 Å². The van der Waals surface area contributed by atoms with E-state index in [4.69, 9.17) is 4.74 Å². The van der Waals surface area contributed by atoms with Crippen LogP contribution in [0.1, 0.15) is 22.5 Å². The van der Waals surface area contributed by atoms with Crippen molar-refractivity contribution in [2.75, 3.05) is 43.0 Å². The number of hydrogen-bond donors (Lipinski definition) is 1. The van der Waals surface area contributed by atoms with Crippen LogP contribution in [0, 0.1) is 12.7 Å². The number of aryl methyl sites for hydroxylation is 2. The Morgan fingerprint density at radius 2 is 2.03 bits per heavy atom. The van der Waals surface area contributed by atoms with Crippen LogP contribution in [0.2, 0.25) is 0 Å². The highest BCUT2D eigenvalue weighted by Crippen LogP contribution is 2.31. The lowest BCUT2D eigenvalue weighted by Crippen LogP contribution is -2.46. The molecule has 3 aromatic heterocycles. The summed E-state index contributed by atoms with van der Waals surface area (Å²) < 4.78 is 23.9. The van der Waals surface area contributed by atoms with E-state index in [1.165, 1.54) is 11.8 Å². The molecular weight excluding hydrogens is 449 g/mol. The molecule has 35 heavy (non-hydrogen) atoms. The predicted molar refractivity (Wildman–Crippen MR) is 129 cm³/mol. The fourth-order valence-electron chi connectivity index (χ4n) is 5.02. The van der Waals surface area contributed by atoms with Crippen molar-refractivity contribution >= 4 is 17.3 Å². The van der Waals surface area contributed by atoms with E-state index in [2.05, 4.69) is 41.5 Å². The summed E-state index contributed by atoms with van der Waals surface area (Å²) in [6.45, 7) is 7.42. The number of halogens is 1. The molecule has 11 heteroatoms. The van der Waals surface area contributed by atoms with Gasteiger partial charge in [-0.2, -0.15) is 5.10 Å². The van der Waals surface area contributed by atoms with Gasteiger partial charge in [0.15, 0.2) is 5.65 Å². The summed E-state index contributed by atoms with van der Waals surface area (Å²) in [5.41, 5.74) is 5.49. The van der Waals surface area contributed by atoms with Crippen molar-refractivity contribution in [3.63, 3.8) is 0 Å². The monoisotopic (exact) mass is 477 g/mol. The number of hydrogen-bond acceptors (Lipinski definition) is 8. The van der Waals surface area contributed by atoms with Gasteiger partial charge >= 0.3 is 0 Å². The molecule has 6 rings (SSSR count). The number of benzene rings is 1. The molecule has 1 N–H and O–H groups in total. The van der Waals surface area contributed by atoms with Gasteiger partial charge in [0.2, 0.25) is 5.95 Å². The van der Waals surface area contributed by atoms with Gasteiger partial charge in [-0.3, -0.25) is 9.58 Å². The Morgan fingerprint density at radius 3 is 2.83 bits per heavy atom. The molecule has 0 unspecified atom stereocenters. The Morgan fingerprint density at radius 1 is 1.17 bits per heavy atom. The molecule has 1 fully saturated rings. The van der Waals surface area contributed by atoms with Crippen molar-refractivity contribution in [2.24, 2.45) is 7.05 Å². The summed E-state index contributed by atoms with van der Waals surface area (Å²) in [6, 6.07) is 5.30. The smallest absolute Gasteiger partial charge is 0.210 e. The quantitative estimate of drug-likeness (QED) is 0.452. The minimum Gasteiger partial charge on any atom is -0.493 e. The Bertz CT molecular complexity index is 1370. The second kappa shape index (κ2) is 8.81. The van der Waals surface area contributed by atoms with Gasteiger partial charge in [-0.05, 0) is 25.1 Å². The van der Waals surface area contributed by atoms with Crippen LogP contribution < -0.4 is 15.0 Å². The molecule has 0 atom stereocenters. The van der Waals surface area contributed by atoms with E-state index in [9.17, 15) is 4.39 Å². The summed E-state index contributed by atoms with van der Waals surface area (Å²) in [4.78, 5) is 9.38. The maximum Gasteiger partial charge on any atom is 0.210 e. The second-order valence-corrected chi connectivity index (χ2v) is 9.11. The number of piperazine rings is 1. The fraction of sp³-hybridized carbons (Fsp3) is 0.417. The molecule has 2 aliphatic heterocycles. The first-order valence-corrected chi connectivity index (χ1v) is 11.9. The number of nitrogens with zero attached hydrogens (tertiary/aromatic N) is 8. The van der Waals surface area contributed by atoms with Crippen molar-refractivity contribution in [1.29, 1.82) is 0 Å². The second-order valence-electron chi connectivity index (χ2n) is 9.11.